The van der Waals surface area contributed by atoms with Gasteiger partial charge < -0.3 is 10.0 Å². The average Bonchev–Trinajstić information content (AvgIpc) is 2.78. The van der Waals surface area contributed by atoms with Crippen LogP contribution in [0.2, 0.25) is 0 Å². The molecule has 1 N–H and O–H groups in total. The van der Waals surface area contributed by atoms with Gasteiger partial charge in [-0.05, 0) is 54.0 Å². The van der Waals surface area contributed by atoms with E-state index in [1.165, 1.54) is 67.3 Å². The third kappa shape index (κ3) is 5.86. The summed E-state index contributed by atoms with van der Waals surface area (Å²) in [5.41, 5.74) is 5.53. The van der Waals surface area contributed by atoms with Gasteiger partial charge >= 0.3 is 0 Å². The lowest BCUT2D eigenvalue weighted by Crippen LogP contribution is -2.41. The number of hydrogen-bond donors (Lipinski definition) is 1. The Morgan fingerprint density at radius 2 is 1.83 bits per heavy atom. The predicted octanol–water partition coefficient (Wildman–Crippen LogP) is 5.05. The number of aliphatic hydroxyl groups is 1. The number of rotatable bonds is 8. The molecule has 1 atom stereocenters. The molecule has 0 amide bonds. The summed E-state index contributed by atoms with van der Waals surface area (Å²) in [7, 11) is 2.11. The first-order valence-electron chi connectivity index (χ1n) is 11.9. The van der Waals surface area contributed by atoms with Crippen molar-refractivity contribution in [1.29, 1.82) is 0 Å². The Morgan fingerprint density at radius 3 is 2.67 bits per heavy atom. The van der Waals surface area contributed by atoms with Gasteiger partial charge in [0.05, 0.1) is 6.10 Å². The van der Waals surface area contributed by atoms with E-state index in [-0.39, 0.29) is 6.10 Å². The maximum Gasteiger partial charge on any atom is 0.0841 e. The largest absolute Gasteiger partial charge is 0.390 e. The van der Waals surface area contributed by atoms with Crippen LogP contribution in [0.25, 0.3) is 0 Å². The lowest BCUT2D eigenvalue weighted by molar-refractivity contribution is 0.110. The lowest BCUT2D eigenvalue weighted by Gasteiger charge is -2.32. The highest BCUT2D eigenvalue weighted by atomic mass is 16.3. The van der Waals surface area contributed by atoms with E-state index in [4.69, 9.17) is 0 Å². The first kappa shape index (κ1) is 21.4. The summed E-state index contributed by atoms with van der Waals surface area (Å²) in [6, 6.07) is 17.6. The fourth-order valence-corrected chi connectivity index (χ4v) is 5.28. The van der Waals surface area contributed by atoms with Crippen LogP contribution < -0.4 is 4.90 Å². The van der Waals surface area contributed by atoms with Gasteiger partial charge in [0.2, 0.25) is 0 Å². The SMILES string of the molecule is CN(CC(O)CN1CCc2ccccc2C1)c1cccc(CCC2CCCCC2)c1. The molecule has 1 heterocycles. The molecule has 2 aliphatic rings. The van der Waals surface area contributed by atoms with Crippen LogP contribution >= 0.6 is 0 Å². The van der Waals surface area contributed by atoms with Gasteiger partial charge in [-0.25, -0.2) is 0 Å². The Morgan fingerprint density at radius 1 is 1.03 bits per heavy atom. The van der Waals surface area contributed by atoms with Gasteiger partial charge in [-0.3, -0.25) is 4.90 Å². The van der Waals surface area contributed by atoms with E-state index >= 15 is 0 Å². The van der Waals surface area contributed by atoms with Crippen molar-refractivity contribution in [3.63, 3.8) is 0 Å². The lowest BCUT2D eigenvalue weighted by atomic mass is 9.85. The minimum Gasteiger partial charge on any atom is -0.390 e. The van der Waals surface area contributed by atoms with E-state index in [2.05, 4.69) is 65.4 Å². The molecule has 4 rings (SSSR count). The molecule has 1 aliphatic heterocycles. The van der Waals surface area contributed by atoms with Gasteiger partial charge in [0.15, 0.2) is 0 Å². The molecule has 0 saturated heterocycles. The molecule has 3 nitrogen and oxygen atoms in total. The zero-order valence-corrected chi connectivity index (χ0v) is 18.6. The van der Waals surface area contributed by atoms with Crippen molar-refractivity contribution in [2.45, 2.75) is 64.0 Å². The number of aliphatic hydroxyl groups excluding tert-OH is 1. The van der Waals surface area contributed by atoms with Crippen LogP contribution in [0.4, 0.5) is 5.69 Å². The van der Waals surface area contributed by atoms with Crippen molar-refractivity contribution < 1.29 is 5.11 Å². The summed E-state index contributed by atoms with van der Waals surface area (Å²) in [5.74, 6) is 0.927. The molecule has 3 heteroatoms. The van der Waals surface area contributed by atoms with Crippen LogP contribution in [0, 0.1) is 5.92 Å². The fraction of sp³-hybridized carbons (Fsp3) is 0.556. The molecule has 0 radical (unpaired) electrons. The minimum atomic E-state index is -0.342. The van der Waals surface area contributed by atoms with Crippen molar-refractivity contribution >= 4 is 5.69 Å². The second-order valence-corrected chi connectivity index (χ2v) is 9.50. The molecule has 1 fully saturated rings. The van der Waals surface area contributed by atoms with Gasteiger partial charge in [-0.1, -0.05) is 68.5 Å². The quantitative estimate of drug-likeness (QED) is 0.664. The van der Waals surface area contributed by atoms with E-state index in [0.717, 1.165) is 32.0 Å². The van der Waals surface area contributed by atoms with Gasteiger partial charge in [-0.2, -0.15) is 0 Å². The number of β-amino-alcohol motifs (C(OH)–C–C–N with tert-alkyl or cyclic N) is 1. The maximum absolute atomic E-state index is 10.7. The predicted molar refractivity (Wildman–Crippen MR) is 126 cm³/mol. The van der Waals surface area contributed by atoms with Crippen LogP contribution in [0.3, 0.4) is 0 Å². The highest BCUT2D eigenvalue weighted by molar-refractivity contribution is 5.48. The van der Waals surface area contributed by atoms with Gasteiger partial charge in [0.1, 0.15) is 0 Å². The van der Waals surface area contributed by atoms with Crippen LogP contribution in [-0.4, -0.2) is 42.8 Å². The molecule has 30 heavy (non-hydrogen) atoms. The second kappa shape index (κ2) is 10.5. The molecule has 0 bridgehead atoms. The number of anilines is 1. The van der Waals surface area contributed by atoms with Gasteiger partial charge in [0, 0.05) is 38.9 Å². The Bertz CT molecular complexity index is 799. The zero-order chi connectivity index (χ0) is 20.8. The summed E-state index contributed by atoms with van der Waals surface area (Å²) < 4.78 is 0. The third-order valence-corrected chi connectivity index (χ3v) is 7.08. The molecule has 1 unspecified atom stereocenters. The van der Waals surface area contributed by atoms with Crippen molar-refractivity contribution in [2.24, 2.45) is 5.92 Å². The van der Waals surface area contributed by atoms with Gasteiger partial charge in [-0.15, -0.1) is 0 Å². The normalized spacial score (nSPS) is 18.7. The van der Waals surface area contributed by atoms with Crippen LogP contribution in [0.1, 0.15) is 55.2 Å². The highest BCUT2D eigenvalue weighted by Gasteiger charge is 2.19. The molecular weight excluding hydrogens is 368 g/mol. The van der Waals surface area contributed by atoms with E-state index in [0.29, 0.717) is 6.54 Å². The number of aryl methyl sites for hydroxylation is 1. The van der Waals surface area contributed by atoms with Crippen LogP contribution in [0.15, 0.2) is 48.5 Å². The molecule has 2 aromatic carbocycles. The Kier molecular flexibility index (Phi) is 7.46. The summed E-state index contributed by atoms with van der Waals surface area (Å²) in [4.78, 5) is 4.61. The molecule has 1 saturated carbocycles. The molecule has 0 aromatic heterocycles. The molecule has 2 aromatic rings. The molecule has 0 spiro atoms. The van der Waals surface area contributed by atoms with E-state index in [1.807, 2.05) is 0 Å². The first-order chi connectivity index (χ1) is 14.7. The maximum atomic E-state index is 10.7. The third-order valence-electron chi connectivity index (χ3n) is 7.08. The minimum absolute atomic E-state index is 0.342. The fourth-order valence-electron chi connectivity index (χ4n) is 5.28. The molecule has 1 aliphatic carbocycles. The van der Waals surface area contributed by atoms with Crippen LogP contribution in [-0.2, 0) is 19.4 Å². The molecular formula is C27H38N2O. The number of hydrogen-bond acceptors (Lipinski definition) is 3. The number of fused-ring (bicyclic) bond motifs is 1. The van der Waals surface area contributed by atoms with Crippen molar-refractivity contribution in [3.05, 3.63) is 65.2 Å². The average molecular weight is 407 g/mol. The Balaban J connectivity index is 1.26. The second-order valence-electron chi connectivity index (χ2n) is 9.50. The number of benzene rings is 2. The van der Waals surface area contributed by atoms with Gasteiger partial charge in [0.25, 0.3) is 0 Å². The first-order valence-corrected chi connectivity index (χ1v) is 11.9. The zero-order valence-electron chi connectivity index (χ0n) is 18.6. The van der Waals surface area contributed by atoms with E-state index in [9.17, 15) is 5.11 Å². The smallest absolute Gasteiger partial charge is 0.0841 e. The van der Waals surface area contributed by atoms with Crippen molar-refractivity contribution in [2.75, 3.05) is 31.6 Å². The standard InChI is InChI=1S/C27H38N2O/c1-28(20-27(30)21-29-17-16-24-11-5-6-12-25(24)19-29)26-13-7-10-23(18-26)15-14-22-8-3-2-4-9-22/h5-7,10-13,18,22,27,30H,2-4,8-9,14-17,19-21H2,1H3. The highest BCUT2D eigenvalue weighted by Crippen LogP contribution is 2.28. The Labute approximate surface area is 182 Å². The van der Waals surface area contributed by atoms with Crippen molar-refractivity contribution in [1.82, 2.24) is 4.90 Å². The van der Waals surface area contributed by atoms with E-state index in [1.54, 1.807) is 0 Å². The summed E-state index contributed by atoms with van der Waals surface area (Å²) in [6.45, 7) is 3.40. The topological polar surface area (TPSA) is 26.7 Å². The summed E-state index contributed by atoms with van der Waals surface area (Å²) >= 11 is 0. The number of nitrogens with zero attached hydrogens (tertiary/aromatic N) is 2. The van der Waals surface area contributed by atoms with Crippen LogP contribution in [0.5, 0.6) is 0 Å². The summed E-state index contributed by atoms with van der Waals surface area (Å²) in [5, 5.41) is 10.7. The Hall–Kier alpha value is -1.84. The van der Waals surface area contributed by atoms with E-state index < -0.39 is 0 Å². The number of likely N-dealkylation sites (N-methyl/N-ethyl adjacent to an activating group) is 1. The monoisotopic (exact) mass is 406 g/mol. The van der Waals surface area contributed by atoms with Crippen molar-refractivity contribution in [3.8, 4) is 0 Å². The summed E-state index contributed by atoms with van der Waals surface area (Å²) in [6.07, 6.45) is 10.4. The molecule has 162 valence electrons.